The van der Waals surface area contributed by atoms with Crippen molar-refractivity contribution in [2.24, 2.45) is 0 Å². The molecule has 1 aromatic rings. The van der Waals surface area contributed by atoms with E-state index in [0.29, 0.717) is 39.3 Å². The third kappa shape index (κ3) is 3.99. The van der Waals surface area contributed by atoms with E-state index in [1.54, 1.807) is 0 Å². The van der Waals surface area contributed by atoms with Gasteiger partial charge in [-0.2, -0.15) is 0 Å². The van der Waals surface area contributed by atoms with Crippen LogP contribution in [0.25, 0.3) is 0 Å². The average molecular weight is 314 g/mol. The number of morpholine rings is 1. The summed E-state index contributed by atoms with van der Waals surface area (Å²) in [4.78, 5) is 13.7. The second-order valence-corrected chi connectivity index (χ2v) is 4.96. The average Bonchev–Trinajstić information content (AvgIpc) is 2.40. The SMILES string of the molecule is O=C(CCOc1cccc(Br)c1)N1CCOCC1. The van der Waals surface area contributed by atoms with E-state index in [1.807, 2.05) is 29.2 Å². The molecule has 18 heavy (non-hydrogen) atoms. The van der Waals surface area contributed by atoms with E-state index in [2.05, 4.69) is 15.9 Å². The van der Waals surface area contributed by atoms with Gasteiger partial charge < -0.3 is 14.4 Å². The van der Waals surface area contributed by atoms with Crippen molar-refractivity contribution < 1.29 is 14.3 Å². The van der Waals surface area contributed by atoms with Crippen LogP contribution < -0.4 is 4.74 Å². The van der Waals surface area contributed by atoms with Gasteiger partial charge in [0.1, 0.15) is 5.75 Å². The predicted molar refractivity (Wildman–Crippen MR) is 71.7 cm³/mol. The monoisotopic (exact) mass is 313 g/mol. The van der Waals surface area contributed by atoms with Crippen LogP contribution in [0.5, 0.6) is 5.75 Å². The lowest BCUT2D eigenvalue weighted by Crippen LogP contribution is -2.41. The van der Waals surface area contributed by atoms with Gasteiger partial charge in [0.2, 0.25) is 5.91 Å². The summed E-state index contributed by atoms with van der Waals surface area (Å²) in [6, 6.07) is 7.61. The van der Waals surface area contributed by atoms with Gasteiger partial charge in [0, 0.05) is 17.6 Å². The highest BCUT2D eigenvalue weighted by Gasteiger charge is 2.16. The molecule has 0 unspecified atom stereocenters. The van der Waals surface area contributed by atoms with Crippen LogP contribution in [0.15, 0.2) is 28.7 Å². The lowest BCUT2D eigenvalue weighted by molar-refractivity contribution is -0.135. The molecule has 98 valence electrons. The summed E-state index contributed by atoms with van der Waals surface area (Å²) in [6.07, 6.45) is 0.409. The third-order valence-corrected chi connectivity index (χ3v) is 3.24. The van der Waals surface area contributed by atoms with Gasteiger partial charge in [0.15, 0.2) is 0 Å². The number of benzene rings is 1. The fourth-order valence-corrected chi connectivity index (χ4v) is 2.16. The Balaban J connectivity index is 1.73. The molecule has 0 aliphatic carbocycles. The normalized spacial score (nSPS) is 15.5. The summed E-state index contributed by atoms with van der Waals surface area (Å²) >= 11 is 3.38. The minimum absolute atomic E-state index is 0.133. The second-order valence-electron chi connectivity index (χ2n) is 4.05. The highest BCUT2D eigenvalue weighted by molar-refractivity contribution is 9.10. The van der Waals surface area contributed by atoms with E-state index < -0.39 is 0 Å². The Morgan fingerprint density at radius 3 is 2.89 bits per heavy atom. The second kappa shape index (κ2) is 6.75. The molecule has 1 aliphatic rings. The molecule has 0 radical (unpaired) electrons. The first kappa shape index (κ1) is 13.4. The molecule has 2 rings (SSSR count). The number of ether oxygens (including phenoxy) is 2. The molecular weight excluding hydrogens is 298 g/mol. The first-order valence-electron chi connectivity index (χ1n) is 5.99. The Morgan fingerprint density at radius 2 is 2.17 bits per heavy atom. The van der Waals surface area contributed by atoms with Crippen molar-refractivity contribution in [1.82, 2.24) is 4.90 Å². The van der Waals surface area contributed by atoms with Crippen LogP contribution >= 0.6 is 15.9 Å². The van der Waals surface area contributed by atoms with Crippen LogP contribution in [0.2, 0.25) is 0 Å². The molecule has 0 spiro atoms. The van der Waals surface area contributed by atoms with Gasteiger partial charge in [-0.05, 0) is 18.2 Å². The maximum Gasteiger partial charge on any atom is 0.226 e. The van der Waals surface area contributed by atoms with Crippen molar-refractivity contribution in [3.8, 4) is 5.75 Å². The number of halogens is 1. The summed E-state index contributed by atoms with van der Waals surface area (Å²) in [7, 11) is 0. The molecule has 1 aromatic carbocycles. The lowest BCUT2D eigenvalue weighted by Gasteiger charge is -2.26. The topological polar surface area (TPSA) is 38.8 Å². The van der Waals surface area contributed by atoms with E-state index in [9.17, 15) is 4.79 Å². The molecule has 0 saturated carbocycles. The van der Waals surface area contributed by atoms with Crippen LogP contribution in [0.4, 0.5) is 0 Å². The summed E-state index contributed by atoms with van der Waals surface area (Å²) in [5.41, 5.74) is 0. The van der Waals surface area contributed by atoms with Crippen molar-refractivity contribution in [1.29, 1.82) is 0 Å². The number of amides is 1. The van der Waals surface area contributed by atoms with Gasteiger partial charge in [0.05, 0.1) is 26.2 Å². The highest BCUT2D eigenvalue weighted by atomic mass is 79.9. The fraction of sp³-hybridized carbons (Fsp3) is 0.462. The molecule has 0 aromatic heterocycles. The Hall–Kier alpha value is -1.07. The number of hydrogen-bond acceptors (Lipinski definition) is 3. The van der Waals surface area contributed by atoms with Gasteiger partial charge >= 0.3 is 0 Å². The summed E-state index contributed by atoms with van der Waals surface area (Å²) in [5, 5.41) is 0. The highest BCUT2D eigenvalue weighted by Crippen LogP contribution is 2.17. The third-order valence-electron chi connectivity index (χ3n) is 2.74. The van der Waals surface area contributed by atoms with Crippen LogP contribution in [-0.4, -0.2) is 43.7 Å². The maximum absolute atomic E-state index is 11.8. The smallest absolute Gasteiger partial charge is 0.226 e. The quantitative estimate of drug-likeness (QED) is 0.854. The molecule has 0 N–H and O–H groups in total. The van der Waals surface area contributed by atoms with Crippen molar-refractivity contribution in [2.75, 3.05) is 32.9 Å². The zero-order valence-corrected chi connectivity index (χ0v) is 11.7. The molecule has 4 nitrogen and oxygen atoms in total. The van der Waals surface area contributed by atoms with Crippen LogP contribution in [-0.2, 0) is 9.53 Å². The Labute approximate surface area is 115 Å². The molecular formula is C13H16BrNO3. The van der Waals surface area contributed by atoms with Gasteiger partial charge in [0.25, 0.3) is 0 Å². The number of nitrogens with zero attached hydrogens (tertiary/aromatic N) is 1. The Morgan fingerprint density at radius 1 is 1.39 bits per heavy atom. The van der Waals surface area contributed by atoms with Gasteiger partial charge in [-0.3, -0.25) is 4.79 Å². The molecule has 1 heterocycles. The molecule has 5 heteroatoms. The number of rotatable bonds is 4. The fourth-order valence-electron chi connectivity index (χ4n) is 1.78. The summed E-state index contributed by atoms with van der Waals surface area (Å²) in [6.45, 7) is 3.06. The van der Waals surface area contributed by atoms with E-state index in [4.69, 9.17) is 9.47 Å². The zero-order valence-electron chi connectivity index (χ0n) is 10.1. The molecule has 0 bridgehead atoms. The van der Waals surface area contributed by atoms with E-state index in [0.717, 1.165) is 10.2 Å². The first-order valence-corrected chi connectivity index (χ1v) is 6.79. The van der Waals surface area contributed by atoms with Crippen molar-refractivity contribution >= 4 is 21.8 Å². The predicted octanol–water partition coefficient (Wildman–Crippen LogP) is 2.08. The lowest BCUT2D eigenvalue weighted by atomic mass is 10.3. The minimum Gasteiger partial charge on any atom is -0.493 e. The van der Waals surface area contributed by atoms with E-state index >= 15 is 0 Å². The van der Waals surface area contributed by atoms with E-state index in [1.165, 1.54) is 0 Å². The van der Waals surface area contributed by atoms with Crippen molar-refractivity contribution in [2.45, 2.75) is 6.42 Å². The van der Waals surface area contributed by atoms with E-state index in [-0.39, 0.29) is 5.91 Å². The standard InChI is InChI=1S/C13H16BrNO3/c14-11-2-1-3-12(10-11)18-7-4-13(16)15-5-8-17-9-6-15/h1-3,10H,4-9H2. The number of hydrogen-bond donors (Lipinski definition) is 0. The molecule has 1 amide bonds. The maximum atomic E-state index is 11.8. The largest absolute Gasteiger partial charge is 0.493 e. The van der Waals surface area contributed by atoms with Crippen molar-refractivity contribution in [3.63, 3.8) is 0 Å². The minimum atomic E-state index is 0.133. The summed E-state index contributed by atoms with van der Waals surface area (Å²) in [5.74, 6) is 0.910. The Kier molecular flexibility index (Phi) is 5.01. The number of carbonyl (C=O) groups excluding carboxylic acids is 1. The molecule has 1 aliphatic heterocycles. The zero-order chi connectivity index (χ0) is 12.8. The molecule has 1 saturated heterocycles. The molecule has 1 fully saturated rings. The Bertz CT molecular complexity index is 405. The van der Waals surface area contributed by atoms with Crippen LogP contribution in [0.1, 0.15) is 6.42 Å². The first-order chi connectivity index (χ1) is 8.75. The van der Waals surface area contributed by atoms with Crippen LogP contribution in [0, 0.1) is 0 Å². The molecule has 0 atom stereocenters. The van der Waals surface area contributed by atoms with Gasteiger partial charge in [-0.25, -0.2) is 0 Å². The van der Waals surface area contributed by atoms with Gasteiger partial charge in [-0.1, -0.05) is 22.0 Å². The number of carbonyl (C=O) groups is 1. The van der Waals surface area contributed by atoms with Gasteiger partial charge in [-0.15, -0.1) is 0 Å². The van der Waals surface area contributed by atoms with Crippen molar-refractivity contribution in [3.05, 3.63) is 28.7 Å². The van der Waals surface area contributed by atoms with Crippen LogP contribution in [0.3, 0.4) is 0 Å². The summed E-state index contributed by atoms with van der Waals surface area (Å²) < 4.78 is 11.7.